The van der Waals surface area contributed by atoms with Crippen molar-refractivity contribution in [3.63, 3.8) is 0 Å². The van der Waals surface area contributed by atoms with Crippen molar-refractivity contribution in [3.05, 3.63) is 0 Å². The van der Waals surface area contributed by atoms with E-state index in [9.17, 15) is 8.42 Å². The maximum absolute atomic E-state index is 11.4. The minimum absolute atomic E-state index is 0.177. The van der Waals surface area contributed by atoms with Gasteiger partial charge in [0.25, 0.3) is 0 Å². The lowest BCUT2D eigenvalue weighted by atomic mass is 9.96. The first-order valence-corrected chi connectivity index (χ1v) is 9.21. The van der Waals surface area contributed by atoms with Gasteiger partial charge in [-0.05, 0) is 52.7 Å². The number of rotatable bonds is 8. The molecule has 1 saturated heterocycles. The van der Waals surface area contributed by atoms with Gasteiger partial charge in [-0.25, -0.2) is 8.42 Å². The molecule has 5 nitrogen and oxygen atoms in total. The van der Waals surface area contributed by atoms with E-state index in [2.05, 4.69) is 16.3 Å². The van der Waals surface area contributed by atoms with E-state index in [0.29, 0.717) is 11.5 Å². The molecule has 0 aromatic rings. The van der Waals surface area contributed by atoms with Crippen LogP contribution in [-0.4, -0.2) is 56.5 Å². The second-order valence-corrected chi connectivity index (χ2v) is 8.20. The van der Waals surface area contributed by atoms with Crippen LogP contribution >= 0.6 is 0 Å². The minimum Gasteiger partial charge on any atom is -0.302 e. The Morgan fingerprint density at radius 3 is 2.65 bits per heavy atom. The number of sulfone groups is 1. The van der Waals surface area contributed by atoms with E-state index < -0.39 is 15.4 Å². The molecule has 0 aromatic carbocycles. The summed E-state index contributed by atoms with van der Waals surface area (Å²) in [6, 6.07) is 2.51. The summed E-state index contributed by atoms with van der Waals surface area (Å²) in [5.41, 5.74) is -0.440. The summed E-state index contributed by atoms with van der Waals surface area (Å²) in [5.74, 6) is 0.631. The Hall–Kier alpha value is -0.640. The third-order valence-electron chi connectivity index (χ3n) is 4.08. The molecule has 1 fully saturated rings. The fraction of sp³-hybridized carbons (Fsp3) is 0.929. The predicted molar refractivity (Wildman–Crippen MR) is 81.2 cm³/mol. The number of hydrogen-bond donors (Lipinski definition) is 1. The number of nitrogens with zero attached hydrogens (tertiary/aromatic N) is 2. The van der Waals surface area contributed by atoms with Crippen LogP contribution in [0, 0.1) is 11.3 Å². The Bertz CT molecular complexity index is 444. The van der Waals surface area contributed by atoms with Crippen LogP contribution in [0.15, 0.2) is 0 Å². The number of unbranched alkanes of at least 4 members (excludes halogenated alkanes) is 1. The highest BCUT2D eigenvalue weighted by atomic mass is 32.2. The first-order chi connectivity index (χ1) is 9.32. The Labute approximate surface area is 123 Å². The quantitative estimate of drug-likeness (QED) is 0.681. The van der Waals surface area contributed by atoms with E-state index >= 15 is 0 Å². The van der Waals surface area contributed by atoms with Crippen LogP contribution in [0.3, 0.4) is 0 Å². The van der Waals surface area contributed by atoms with Crippen molar-refractivity contribution in [2.75, 3.05) is 31.6 Å². The molecule has 0 spiro atoms. The SMILES string of the molecule is CCNC(C)(C#N)CCCCN(C)C1CCS(=O)(=O)C1. The Kier molecular flexibility index (Phi) is 6.44. The van der Waals surface area contributed by atoms with Crippen LogP contribution in [0.1, 0.15) is 39.5 Å². The summed E-state index contributed by atoms with van der Waals surface area (Å²) in [6.45, 7) is 5.63. The van der Waals surface area contributed by atoms with E-state index in [1.807, 2.05) is 20.9 Å². The topological polar surface area (TPSA) is 73.2 Å². The lowest BCUT2D eigenvalue weighted by Crippen LogP contribution is -2.40. The molecule has 20 heavy (non-hydrogen) atoms. The van der Waals surface area contributed by atoms with E-state index in [1.54, 1.807) is 0 Å². The Morgan fingerprint density at radius 2 is 2.15 bits per heavy atom. The van der Waals surface area contributed by atoms with E-state index in [4.69, 9.17) is 5.26 Å². The fourth-order valence-electron chi connectivity index (χ4n) is 2.72. The van der Waals surface area contributed by atoms with Crippen molar-refractivity contribution < 1.29 is 8.42 Å². The molecule has 6 heteroatoms. The highest BCUT2D eigenvalue weighted by molar-refractivity contribution is 7.91. The summed E-state index contributed by atoms with van der Waals surface area (Å²) in [7, 11) is -0.801. The van der Waals surface area contributed by atoms with Gasteiger partial charge >= 0.3 is 0 Å². The van der Waals surface area contributed by atoms with Crippen molar-refractivity contribution in [1.29, 1.82) is 5.26 Å². The van der Waals surface area contributed by atoms with E-state index in [1.165, 1.54) is 0 Å². The number of nitriles is 1. The van der Waals surface area contributed by atoms with Crippen molar-refractivity contribution in [1.82, 2.24) is 10.2 Å². The molecule has 0 aliphatic carbocycles. The lowest BCUT2D eigenvalue weighted by Gasteiger charge is -2.25. The van der Waals surface area contributed by atoms with E-state index in [-0.39, 0.29) is 6.04 Å². The summed E-state index contributed by atoms with van der Waals surface area (Å²) < 4.78 is 22.9. The molecule has 2 atom stereocenters. The first kappa shape index (κ1) is 17.4. The van der Waals surface area contributed by atoms with Gasteiger partial charge in [-0.1, -0.05) is 6.92 Å². The second-order valence-electron chi connectivity index (χ2n) is 5.97. The van der Waals surface area contributed by atoms with Crippen LogP contribution < -0.4 is 5.32 Å². The lowest BCUT2D eigenvalue weighted by molar-refractivity contribution is 0.252. The standard InChI is InChI=1S/C14H27N3O2S/c1-4-16-14(2,12-15)8-5-6-9-17(3)13-7-10-20(18,19)11-13/h13,16H,4-11H2,1-3H3. The number of nitrogens with one attached hydrogen (secondary N) is 1. The van der Waals surface area contributed by atoms with Crippen LogP contribution in [0.25, 0.3) is 0 Å². The summed E-state index contributed by atoms with van der Waals surface area (Å²) in [4.78, 5) is 2.15. The van der Waals surface area contributed by atoms with Gasteiger partial charge in [-0.15, -0.1) is 0 Å². The van der Waals surface area contributed by atoms with Crippen molar-refractivity contribution in [2.24, 2.45) is 0 Å². The monoisotopic (exact) mass is 301 g/mol. The van der Waals surface area contributed by atoms with Crippen LogP contribution in [0.5, 0.6) is 0 Å². The van der Waals surface area contributed by atoms with Crippen molar-refractivity contribution in [2.45, 2.75) is 51.1 Å². The summed E-state index contributed by atoms with van der Waals surface area (Å²) in [6.07, 6.45) is 3.55. The Morgan fingerprint density at radius 1 is 1.45 bits per heavy atom. The normalized spacial score (nSPS) is 24.4. The fourth-order valence-corrected chi connectivity index (χ4v) is 4.52. The maximum atomic E-state index is 11.4. The third-order valence-corrected chi connectivity index (χ3v) is 5.83. The molecular weight excluding hydrogens is 274 g/mol. The van der Waals surface area contributed by atoms with E-state index in [0.717, 1.165) is 38.8 Å². The molecule has 0 saturated carbocycles. The summed E-state index contributed by atoms with van der Waals surface area (Å²) >= 11 is 0. The zero-order valence-corrected chi connectivity index (χ0v) is 13.7. The van der Waals surface area contributed by atoms with Gasteiger partial charge in [-0.2, -0.15) is 5.26 Å². The molecule has 1 heterocycles. The van der Waals surface area contributed by atoms with Crippen LogP contribution in [-0.2, 0) is 9.84 Å². The molecule has 2 unspecified atom stereocenters. The molecule has 1 rings (SSSR count). The molecule has 0 aromatic heterocycles. The molecule has 1 aliphatic heterocycles. The van der Waals surface area contributed by atoms with Gasteiger partial charge in [0, 0.05) is 6.04 Å². The van der Waals surface area contributed by atoms with Gasteiger partial charge in [-0.3, -0.25) is 5.32 Å². The molecule has 1 aliphatic rings. The maximum Gasteiger partial charge on any atom is 0.151 e. The average molecular weight is 301 g/mol. The zero-order valence-electron chi connectivity index (χ0n) is 12.9. The first-order valence-electron chi connectivity index (χ1n) is 7.39. The summed E-state index contributed by atoms with van der Waals surface area (Å²) in [5, 5.41) is 12.4. The zero-order chi connectivity index (χ0) is 15.2. The molecule has 1 N–H and O–H groups in total. The Balaban J connectivity index is 2.26. The third kappa shape index (κ3) is 5.39. The smallest absolute Gasteiger partial charge is 0.151 e. The van der Waals surface area contributed by atoms with Gasteiger partial charge in [0.05, 0.1) is 17.6 Å². The average Bonchev–Trinajstić information content (AvgIpc) is 2.75. The molecule has 0 radical (unpaired) electrons. The highest BCUT2D eigenvalue weighted by Gasteiger charge is 2.30. The number of hydrogen-bond acceptors (Lipinski definition) is 5. The van der Waals surface area contributed by atoms with Crippen molar-refractivity contribution >= 4 is 9.84 Å². The highest BCUT2D eigenvalue weighted by Crippen LogP contribution is 2.18. The van der Waals surface area contributed by atoms with Gasteiger partial charge in [0.2, 0.25) is 0 Å². The predicted octanol–water partition coefficient (Wildman–Crippen LogP) is 1.17. The molecule has 0 bridgehead atoms. The molecular formula is C14H27N3O2S. The molecule has 0 amide bonds. The largest absolute Gasteiger partial charge is 0.302 e. The van der Waals surface area contributed by atoms with Gasteiger partial charge in [0.15, 0.2) is 9.84 Å². The van der Waals surface area contributed by atoms with Crippen molar-refractivity contribution in [3.8, 4) is 6.07 Å². The van der Waals surface area contributed by atoms with Crippen LogP contribution in [0.4, 0.5) is 0 Å². The van der Waals surface area contributed by atoms with Crippen LogP contribution in [0.2, 0.25) is 0 Å². The van der Waals surface area contributed by atoms with Gasteiger partial charge in [0.1, 0.15) is 5.54 Å². The van der Waals surface area contributed by atoms with Gasteiger partial charge < -0.3 is 4.90 Å². The minimum atomic E-state index is -2.80. The second kappa shape index (κ2) is 7.39. The molecule has 116 valence electrons.